The van der Waals surface area contributed by atoms with Gasteiger partial charge in [-0.15, -0.1) is 0 Å². The maximum atomic E-state index is 5.54. The first-order valence-electron chi connectivity index (χ1n) is 10.5. The van der Waals surface area contributed by atoms with Crippen LogP contribution in [0.15, 0.2) is 53.3 Å². The lowest BCUT2D eigenvalue weighted by molar-refractivity contribution is 0.324. The number of fused-ring (bicyclic) bond motifs is 1. The first-order valence-corrected chi connectivity index (χ1v) is 10.5. The van der Waals surface area contributed by atoms with Crippen LogP contribution in [-0.4, -0.2) is 58.3 Å². The Kier molecular flexibility index (Phi) is 4.96. The van der Waals surface area contributed by atoms with E-state index in [1.165, 1.54) is 25.9 Å². The van der Waals surface area contributed by atoms with Gasteiger partial charge in [-0.2, -0.15) is 4.98 Å². The standard InChI is InChI=1S/C23H26N6O/c1-27(2)19-7-5-6-18(14-19)23-25-22(26-30-23)17-8-9-21-20(15-17)24-16-29(21)13-12-28-10-3-4-11-28/h5-9,14-16H,3-4,10-13H2,1-2H3. The fourth-order valence-corrected chi connectivity index (χ4v) is 4.01. The lowest BCUT2D eigenvalue weighted by Crippen LogP contribution is -2.23. The summed E-state index contributed by atoms with van der Waals surface area (Å²) >= 11 is 0. The summed E-state index contributed by atoms with van der Waals surface area (Å²) in [6, 6.07) is 14.3. The van der Waals surface area contributed by atoms with Crippen molar-refractivity contribution in [2.75, 3.05) is 38.6 Å². The molecule has 1 fully saturated rings. The fourth-order valence-electron chi connectivity index (χ4n) is 4.01. The van der Waals surface area contributed by atoms with E-state index in [-0.39, 0.29) is 0 Å². The number of hydrogen-bond donors (Lipinski definition) is 0. The molecule has 2 aromatic heterocycles. The number of benzene rings is 2. The maximum absolute atomic E-state index is 5.54. The highest BCUT2D eigenvalue weighted by atomic mass is 16.5. The number of nitrogens with zero attached hydrogens (tertiary/aromatic N) is 6. The third-order valence-corrected chi connectivity index (χ3v) is 5.77. The molecule has 1 aliphatic heterocycles. The van der Waals surface area contributed by atoms with Crippen molar-refractivity contribution in [1.82, 2.24) is 24.6 Å². The molecular formula is C23H26N6O. The van der Waals surface area contributed by atoms with Crippen LogP contribution in [0.25, 0.3) is 33.9 Å². The normalized spacial score (nSPS) is 14.6. The summed E-state index contributed by atoms with van der Waals surface area (Å²) in [4.78, 5) is 13.8. The molecule has 7 nitrogen and oxygen atoms in total. The average Bonchev–Trinajstić information content (AvgIpc) is 3.52. The molecule has 5 rings (SSSR count). The van der Waals surface area contributed by atoms with E-state index in [1.54, 1.807) is 0 Å². The van der Waals surface area contributed by atoms with Gasteiger partial charge >= 0.3 is 0 Å². The first-order chi connectivity index (χ1) is 14.7. The van der Waals surface area contributed by atoms with Gasteiger partial charge in [0.25, 0.3) is 5.89 Å². The van der Waals surface area contributed by atoms with Gasteiger partial charge in [0.2, 0.25) is 5.82 Å². The second-order valence-corrected chi connectivity index (χ2v) is 8.06. The second-order valence-electron chi connectivity index (χ2n) is 8.06. The molecule has 0 saturated carbocycles. The zero-order chi connectivity index (χ0) is 20.5. The highest BCUT2D eigenvalue weighted by molar-refractivity contribution is 5.80. The summed E-state index contributed by atoms with van der Waals surface area (Å²) in [6.45, 7) is 4.47. The third-order valence-electron chi connectivity index (χ3n) is 5.77. The predicted octanol–water partition coefficient (Wildman–Crippen LogP) is 3.92. The summed E-state index contributed by atoms with van der Waals surface area (Å²) in [7, 11) is 4.02. The molecule has 0 unspecified atom stereocenters. The molecule has 30 heavy (non-hydrogen) atoms. The minimum absolute atomic E-state index is 0.518. The zero-order valence-corrected chi connectivity index (χ0v) is 17.5. The Morgan fingerprint density at radius 1 is 1.00 bits per heavy atom. The summed E-state index contributed by atoms with van der Waals surface area (Å²) in [6.07, 6.45) is 4.57. The van der Waals surface area contributed by atoms with Crippen LogP contribution in [0.3, 0.4) is 0 Å². The number of anilines is 1. The molecule has 0 spiro atoms. The van der Waals surface area contributed by atoms with Crippen molar-refractivity contribution in [2.45, 2.75) is 19.4 Å². The molecule has 154 valence electrons. The number of imidazole rings is 1. The molecule has 7 heteroatoms. The first kappa shape index (κ1) is 18.8. The van der Waals surface area contributed by atoms with Crippen LogP contribution in [0.4, 0.5) is 5.69 Å². The molecule has 0 amide bonds. The minimum atomic E-state index is 0.518. The Morgan fingerprint density at radius 2 is 1.87 bits per heavy atom. The Bertz CT molecular complexity index is 1160. The largest absolute Gasteiger partial charge is 0.378 e. The quantitative estimate of drug-likeness (QED) is 0.487. The van der Waals surface area contributed by atoms with E-state index >= 15 is 0 Å². The van der Waals surface area contributed by atoms with Crippen LogP contribution >= 0.6 is 0 Å². The Labute approximate surface area is 175 Å². The van der Waals surface area contributed by atoms with Crippen molar-refractivity contribution >= 4 is 16.7 Å². The molecule has 3 heterocycles. The van der Waals surface area contributed by atoms with Gasteiger partial charge in [0.15, 0.2) is 0 Å². The molecule has 0 N–H and O–H groups in total. The number of aromatic nitrogens is 4. The molecule has 2 aromatic carbocycles. The Balaban J connectivity index is 1.37. The topological polar surface area (TPSA) is 63.2 Å². The molecule has 0 bridgehead atoms. The van der Waals surface area contributed by atoms with Gasteiger partial charge in [-0.25, -0.2) is 4.98 Å². The van der Waals surface area contributed by atoms with Gasteiger partial charge in [-0.3, -0.25) is 0 Å². The number of likely N-dealkylation sites (tertiary alicyclic amines) is 1. The molecule has 0 atom stereocenters. The Hall–Kier alpha value is -3.19. The monoisotopic (exact) mass is 402 g/mol. The van der Waals surface area contributed by atoms with Crippen molar-refractivity contribution < 1.29 is 4.52 Å². The van der Waals surface area contributed by atoms with E-state index in [1.807, 2.05) is 50.8 Å². The van der Waals surface area contributed by atoms with Gasteiger partial charge in [-0.1, -0.05) is 11.2 Å². The SMILES string of the molecule is CN(C)c1cccc(-c2nc(-c3ccc4c(c3)ncn4CCN3CCCC3)no2)c1. The molecule has 1 saturated heterocycles. The van der Waals surface area contributed by atoms with E-state index in [4.69, 9.17) is 4.52 Å². The van der Waals surface area contributed by atoms with Crippen molar-refractivity contribution in [3.63, 3.8) is 0 Å². The number of hydrogen-bond acceptors (Lipinski definition) is 6. The van der Waals surface area contributed by atoms with E-state index in [2.05, 4.69) is 41.6 Å². The van der Waals surface area contributed by atoms with E-state index in [9.17, 15) is 0 Å². The third kappa shape index (κ3) is 3.68. The second kappa shape index (κ2) is 7.91. The molecular weight excluding hydrogens is 376 g/mol. The van der Waals surface area contributed by atoms with E-state index in [0.717, 1.165) is 40.9 Å². The van der Waals surface area contributed by atoms with E-state index in [0.29, 0.717) is 11.7 Å². The molecule has 0 radical (unpaired) electrons. The zero-order valence-electron chi connectivity index (χ0n) is 17.5. The molecule has 1 aliphatic rings. The minimum Gasteiger partial charge on any atom is -0.378 e. The fraction of sp³-hybridized carbons (Fsp3) is 0.348. The van der Waals surface area contributed by atoms with Crippen LogP contribution < -0.4 is 4.90 Å². The number of rotatable bonds is 6. The predicted molar refractivity (Wildman–Crippen MR) is 118 cm³/mol. The summed E-state index contributed by atoms with van der Waals surface area (Å²) < 4.78 is 7.77. The summed E-state index contributed by atoms with van der Waals surface area (Å²) in [5.41, 5.74) is 5.00. The van der Waals surface area contributed by atoms with Crippen molar-refractivity contribution in [1.29, 1.82) is 0 Å². The smallest absolute Gasteiger partial charge is 0.258 e. The van der Waals surface area contributed by atoms with Crippen LogP contribution in [0.1, 0.15) is 12.8 Å². The van der Waals surface area contributed by atoms with Gasteiger partial charge in [0.05, 0.1) is 17.4 Å². The highest BCUT2D eigenvalue weighted by Gasteiger charge is 2.14. The van der Waals surface area contributed by atoms with Gasteiger partial charge in [-0.05, 0) is 62.3 Å². The summed E-state index contributed by atoms with van der Waals surface area (Å²) in [5.74, 6) is 1.10. The van der Waals surface area contributed by atoms with Crippen LogP contribution in [0, 0.1) is 0 Å². The van der Waals surface area contributed by atoms with Crippen molar-refractivity contribution in [3.8, 4) is 22.8 Å². The highest BCUT2D eigenvalue weighted by Crippen LogP contribution is 2.27. The Morgan fingerprint density at radius 3 is 2.70 bits per heavy atom. The molecule has 4 aromatic rings. The van der Waals surface area contributed by atoms with Gasteiger partial charge in [0, 0.05) is 44.0 Å². The van der Waals surface area contributed by atoms with Crippen molar-refractivity contribution in [2.24, 2.45) is 0 Å². The average molecular weight is 403 g/mol. The maximum Gasteiger partial charge on any atom is 0.258 e. The lowest BCUT2D eigenvalue weighted by atomic mass is 10.1. The van der Waals surface area contributed by atoms with Crippen LogP contribution in [0.2, 0.25) is 0 Å². The van der Waals surface area contributed by atoms with Crippen LogP contribution in [-0.2, 0) is 6.54 Å². The lowest BCUT2D eigenvalue weighted by Gasteiger charge is -2.14. The van der Waals surface area contributed by atoms with E-state index < -0.39 is 0 Å². The summed E-state index contributed by atoms with van der Waals surface area (Å²) in [5, 5.41) is 4.20. The van der Waals surface area contributed by atoms with Gasteiger partial charge in [0.1, 0.15) is 0 Å². The van der Waals surface area contributed by atoms with Gasteiger partial charge < -0.3 is 18.9 Å². The van der Waals surface area contributed by atoms with Crippen LogP contribution in [0.5, 0.6) is 0 Å². The van der Waals surface area contributed by atoms with Crippen molar-refractivity contribution in [3.05, 3.63) is 48.8 Å². The molecule has 0 aliphatic carbocycles.